The Balaban J connectivity index is 2.44. The summed E-state index contributed by atoms with van der Waals surface area (Å²) in [4.78, 5) is 5.00. The van der Waals surface area contributed by atoms with E-state index in [1.54, 1.807) is 12.3 Å². The molecule has 2 nitrogen and oxygen atoms in total. The van der Waals surface area contributed by atoms with Gasteiger partial charge in [0.05, 0.1) is 11.5 Å². The Morgan fingerprint density at radius 1 is 1.47 bits per heavy atom. The zero-order chi connectivity index (χ0) is 10.8. The number of aryl methyl sites for hydroxylation is 1. The van der Waals surface area contributed by atoms with Gasteiger partial charge >= 0.3 is 0 Å². The molecule has 0 fully saturated rings. The van der Waals surface area contributed by atoms with Crippen molar-refractivity contribution < 1.29 is 9.50 Å². The Hall–Kier alpha value is -1.26. The number of halogens is 1. The highest BCUT2D eigenvalue weighted by Crippen LogP contribution is 2.29. The van der Waals surface area contributed by atoms with E-state index in [-0.39, 0.29) is 12.4 Å². The van der Waals surface area contributed by atoms with Gasteiger partial charge in [-0.25, -0.2) is 9.37 Å². The summed E-state index contributed by atoms with van der Waals surface area (Å²) in [6, 6.07) is 4.66. The number of thiazole rings is 1. The molecule has 1 aromatic carbocycles. The summed E-state index contributed by atoms with van der Waals surface area (Å²) in [6.07, 6.45) is 1.70. The van der Waals surface area contributed by atoms with Gasteiger partial charge in [0.15, 0.2) is 0 Å². The second kappa shape index (κ2) is 4.08. The molecule has 1 aromatic heterocycles. The molecule has 0 radical (unpaired) electrons. The molecule has 0 aliphatic heterocycles. The number of rotatable bonds is 2. The van der Waals surface area contributed by atoms with Crippen LogP contribution in [0.1, 0.15) is 10.6 Å². The second-order valence-corrected chi connectivity index (χ2v) is 4.35. The van der Waals surface area contributed by atoms with E-state index in [1.165, 1.54) is 23.5 Å². The van der Waals surface area contributed by atoms with Crippen molar-refractivity contribution in [1.82, 2.24) is 4.98 Å². The molecule has 0 saturated heterocycles. The van der Waals surface area contributed by atoms with Crippen molar-refractivity contribution >= 4 is 11.3 Å². The van der Waals surface area contributed by atoms with E-state index in [9.17, 15) is 4.39 Å². The summed E-state index contributed by atoms with van der Waals surface area (Å²) >= 11 is 1.42. The summed E-state index contributed by atoms with van der Waals surface area (Å²) in [6.45, 7) is 1.81. The third-order valence-electron chi connectivity index (χ3n) is 2.14. The lowest BCUT2D eigenvalue weighted by atomic mass is 10.1. The van der Waals surface area contributed by atoms with Gasteiger partial charge in [-0.2, -0.15) is 0 Å². The summed E-state index contributed by atoms with van der Waals surface area (Å²) in [7, 11) is 0. The van der Waals surface area contributed by atoms with Gasteiger partial charge in [-0.05, 0) is 30.2 Å². The lowest BCUT2D eigenvalue weighted by Crippen LogP contribution is -1.82. The van der Waals surface area contributed by atoms with Gasteiger partial charge in [-0.15, -0.1) is 11.3 Å². The third kappa shape index (κ3) is 2.06. The summed E-state index contributed by atoms with van der Waals surface area (Å²) < 4.78 is 12.9. The highest BCUT2D eigenvalue weighted by atomic mass is 32.1. The first-order valence-electron chi connectivity index (χ1n) is 4.53. The van der Waals surface area contributed by atoms with Gasteiger partial charge < -0.3 is 5.11 Å². The molecular weight excluding hydrogens is 213 g/mol. The average molecular weight is 223 g/mol. The van der Waals surface area contributed by atoms with E-state index in [4.69, 9.17) is 5.11 Å². The molecule has 15 heavy (non-hydrogen) atoms. The van der Waals surface area contributed by atoms with Crippen molar-refractivity contribution in [3.63, 3.8) is 0 Å². The molecule has 4 heteroatoms. The Labute approximate surface area is 91.0 Å². The Morgan fingerprint density at radius 3 is 2.87 bits per heavy atom. The number of aromatic nitrogens is 1. The molecule has 1 N–H and O–H groups in total. The molecule has 0 unspecified atom stereocenters. The van der Waals surface area contributed by atoms with E-state index in [0.29, 0.717) is 5.01 Å². The maximum atomic E-state index is 12.9. The van der Waals surface area contributed by atoms with Crippen LogP contribution in [-0.4, -0.2) is 10.1 Å². The molecule has 78 valence electrons. The van der Waals surface area contributed by atoms with E-state index in [2.05, 4.69) is 4.98 Å². The van der Waals surface area contributed by atoms with Crippen LogP contribution in [-0.2, 0) is 6.61 Å². The van der Waals surface area contributed by atoms with Crippen molar-refractivity contribution in [3.8, 4) is 10.4 Å². The fourth-order valence-corrected chi connectivity index (χ4v) is 2.28. The SMILES string of the molecule is Cc1cc(F)ccc1-c1cnc(CO)s1. The second-order valence-electron chi connectivity index (χ2n) is 3.24. The number of benzene rings is 1. The van der Waals surface area contributed by atoms with E-state index < -0.39 is 0 Å². The molecule has 0 bridgehead atoms. The molecule has 0 amide bonds. The van der Waals surface area contributed by atoms with Crippen molar-refractivity contribution in [2.45, 2.75) is 13.5 Å². The van der Waals surface area contributed by atoms with E-state index in [1.807, 2.05) is 6.92 Å². The predicted molar refractivity (Wildman–Crippen MR) is 58.2 cm³/mol. The van der Waals surface area contributed by atoms with Crippen molar-refractivity contribution in [1.29, 1.82) is 0 Å². The number of hydrogen-bond donors (Lipinski definition) is 1. The Morgan fingerprint density at radius 2 is 2.27 bits per heavy atom. The molecule has 0 aliphatic carbocycles. The van der Waals surface area contributed by atoms with Gasteiger partial charge in [-0.1, -0.05) is 6.07 Å². The fraction of sp³-hybridized carbons (Fsp3) is 0.182. The lowest BCUT2D eigenvalue weighted by molar-refractivity contribution is 0.281. The van der Waals surface area contributed by atoms with Crippen LogP contribution in [0.25, 0.3) is 10.4 Å². The highest BCUT2D eigenvalue weighted by Gasteiger charge is 2.06. The standard InChI is InChI=1S/C11H10FNOS/c1-7-4-8(12)2-3-9(7)10-5-13-11(6-14)15-10/h2-5,14H,6H2,1H3. The van der Waals surface area contributed by atoms with E-state index >= 15 is 0 Å². The Kier molecular flexibility index (Phi) is 2.79. The summed E-state index contributed by atoms with van der Waals surface area (Å²) in [5, 5.41) is 9.57. The van der Waals surface area contributed by atoms with Gasteiger partial charge in [-0.3, -0.25) is 0 Å². The van der Waals surface area contributed by atoms with Crippen LogP contribution >= 0.6 is 11.3 Å². The topological polar surface area (TPSA) is 33.1 Å². The monoisotopic (exact) mass is 223 g/mol. The van der Waals surface area contributed by atoms with Crippen molar-refractivity contribution in [3.05, 3.63) is 40.8 Å². The zero-order valence-electron chi connectivity index (χ0n) is 8.20. The molecule has 2 aromatic rings. The number of hydrogen-bond acceptors (Lipinski definition) is 3. The normalized spacial score (nSPS) is 10.6. The van der Waals surface area contributed by atoms with Crippen LogP contribution in [0.3, 0.4) is 0 Å². The van der Waals surface area contributed by atoms with Crippen LogP contribution < -0.4 is 0 Å². The first kappa shape index (κ1) is 10.3. The molecule has 1 heterocycles. The van der Waals surface area contributed by atoms with E-state index in [0.717, 1.165) is 16.0 Å². The maximum absolute atomic E-state index is 12.9. The predicted octanol–water partition coefficient (Wildman–Crippen LogP) is 2.75. The van der Waals surface area contributed by atoms with Crippen LogP contribution in [0.4, 0.5) is 4.39 Å². The van der Waals surface area contributed by atoms with Gasteiger partial charge in [0.25, 0.3) is 0 Å². The first-order chi connectivity index (χ1) is 7.20. The molecule has 0 atom stereocenters. The molecular formula is C11H10FNOS. The highest BCUT2D eigenvalue weighted by molar-refractivity contribution is 7.15. The molecule has 0 spiro atoms. The minimum absolute atomic E-state index is 0.0507. The number of aliphatic hydroxyl groups excluding tert-OH is 1. The molecule has 0 saturated carbocycles. The van der Waals surface area contributed by atoms with Crippen molar-refractivity contribution in [2.24, 2.45) is 0 Å². The first-order valence-corrected chi connectivity index (χ1v) is 5.34. The Bertz CT molecular complexity index is 481. The summed E-state index contributed by atoms with van der Waals surface area (Å²) in [5.74, 6) is -0.233. The van der Waals surface area contributed by atoms with Gasteiger partial charge in [0, 0.05) is 6.20 Å². The largest absolute Gasteiger partial charge is 0.389 e. The summed E-state index contributed by atoms with van der Waals surface area (Å²) in [5.41, 5.74) is 1.84. The smallest absolute Gasteiger partial charge is 0.123 e. The zero-order valence-corrected chi connectivity index (χ0v) is 9.01. The van der Waals surface area contributed by atoms with Gasteiger partial charge in [0.2, 0.25) is 0 Å². The van der Waals surface area contributed by atoms with Crippen LogP contribution in [0.15, 0.2) is 24.4 Å². The lowest BCUT2D eigenvalue weighted by Gasteiger charge is -2.01. The minimum atomic E-state index is -0.233. The third-order valence-corrected chi connectivity index (χ3v) is 3.16. The quantitative estimate of drug-likeness (QED) is 0.849. The fourth-order valence-electron chi connectivity index (χ4n) is 1.41. The maximum Gasteiger partial charge on any atom is 0.123 e. The number of aliphatic hydroxyl groups is 1. The molecule has 0 aliphatic rings. The van der Waals surface area contributed by atoms with Crippen LogP contribution in [0, 0.1) is 12.7 Å². The number of nitrogens with zero attached hydrogens (tertiary/aromatic N) is 1. The van der Waals surface area contributed by atoms with Crippen molar-refractivity contribution in [2.75, 3.05) is 0 Å². The molecule has 2 rings (SSSR count). The minimum Gasteiger partial charge on any atom is -0.389 e. The van der Waals surface area contributed by atoms with Crippen LogP contribution in [0.2, 0.25) is 0 Å². The average Bonchev–Trinajstić information content (AvgIpc) is 2.66. The van der Waals surface area contributed by atoms with Gasteiger partial charge in [0.1, 0.15) is 10.8 Å². The van der Waals surface area contributed by atoms with Crippen LogP contribution in [0.5, 0.6) is 0 Å².